The summed E-state index contributed by atoms with van der Waals surface area (Å²) >= 11 is 0. The van der Waals surface area contributed by atoms with Crippen molar-refractivity contribution in [2.24, 2.45) is 0 Å². The molecule has 0 saturated carbocycles. The first-order valence-electron chi connectivity index (χ1n) is 28.8. The third-order valence-corrected chi connectivity index (χ3v) is 12.7. The van der Waals surface area contributed by atoms with Crippen LogP contribution in [0.5, 0.6) is 0 Å². The Morgan fingerprint density at radius 3 is 0.924 bits per heavy atom. The normalized spacial score (nSPS) is 11.0. The van der Waals surface area contributed by atoms with Gasteiger partial charge < -0.3 is 31.3 Å². The van der Waals surface area contributed by atoms with Crippen LogP contribution in [0.15, 0.2) is 0 Å². The number of hydrogen-bond acceptors (Lipinski definition) is 6. The van der Waals surface area contributed by atoms with Crippen molar-refractivity contribution in [3.63, 3.8) is 0 Å². The summed E-state index contributed by atoms with van der Waals surface area (Å²) in [6.45, 7) is 15.8. The van der Waals surface area contributed by atoms with Crippen LogP contribution < -0.4 is 21.3 Å². The second-order valence-corrected chi connectivity index (χ2v) is 19.3. The summed E-state index contributed by atoms with van der Waals surface area (Å²) in [6, 6.07) is 0. The molecule has 0 fully saturated rings. The zero-order valence-corrected chi connectivity index (χ0v) is 44.3. The van der Waals surface area contributed by atoms with Crippen LogP contribution in [0.3, 0.4) is 0 Å². The monoisotopic (exact) mass is 938 g/mol. The molecule has 0 saturated heterocycles. The van der Waals surface area contributed by atoms with Crippen molar-refractivity contribution < 1.29 is 19.5 Å². The summed E-state index contributed by atoms with van der Waals surface area (Å²) in [5.41, 5.74) is 0. The summed E-state index contributed by atoms with van der Waals surface area (Å²) in [7, 11) is 0. The fourth-order valence-corrected chi connectivity index (χ4v) is 8.27. The van der Waals surface area contributed by atoms with Crippen LogP contribution in [0.25, 0.3) is 0 Å². The van der Waals surface area contributed by atoms with Crippen LogP contribution in [0.4, 0.5) is 0 Å². The predicted octanol–water partition coefficient (Wildman–Crippen LogP) is 14.5. The Morgan fingerprint density at radius 1 is 0.318 bits per heavy atom. The molecule has 0 aromatic rings. The molecule has 0 aliphatic carbocycles. The Morgan fingerprint density at radius 2 is 0.591 bits per heavy atom. The van der Waals surface area contributed by atoms with E-state index in [-0.39, 0.29) is 31.8 Å². The van der Waals surface area contributed by atoms with Crippen LogP contribution in [0.2, 0.25) is 0 Å². The van der Waals surface area contributed by atoms with Crippen LogP contribution >= 0.6 is 0 Å². The fraction of sp³-hybridized carbons (Fsp3) is 0.947. The first-order chi connectivity index (χ1) is 31.9. The Bertz CT molecular complexity index is 912. The maximum absolute atomic E-state index is 12.4. The van der Waals surface area contributed by atoms with E-state index in [0.29, 0.717) is 32.4 Å². The lowest BCUT2D eigenvalue weighted by atomic mass is 10.1. The molecule has 0 radical (unpaired) electrons. The van der Waals surface area contributed by atoms with Crippen molar-refractivity contribution in [1.82, 2.24) is 26.2 Å². The van der Waals surface area contributed by atoms with Crippen LogP contribution in [-0.4, -0.2) is 86.7 Å². The molecule has 9 heteroatoms. The maximum atomic E-state index is 12.4. The smallest absolute Gasteiger partial charge is 0.221 e. The Hall–Kier alpha value is -1.71. The Kier molecular flexibility index (Phi) is 63.7. The average molecular weight is 939 g/mol. The van der Waals surface area contributed by atoms with Gasteiger partial charge in [0.15, 0.2) is 0 Å². The summed E-state index contributed by atoms with van der Waals surface area (Å²) in [5, 5.41) is 21.6. The number of hydrogen-bond donors (Lipinski definition) is 5. The molecule has 0 aliphatic heterocycles. The number of rotatable bonds is 52. The van der Waals surface area contributed by atoms with Crippen LogP contribution in [-0.2, 0) is 14.4 Å². The molecule has 0 rings (SSSR count). The molecule has 0 aromatic heterocycles. The highest BCUT2D eigenvalue weighted by Gasteiger charge is 2.11. The number of nitrogens with one attached hydrogen (secondary N) is 4. The number of aliphatic hydroxyl groups excluding tert-OH is 1. The quantitative estimate of drug-likeness (QED) is 0.0387. The highest BCUT2D eigenvalue weighted by molar-refractivity contribution is 5.77. The molecule has 396 valence electrons. The molecule has 0 aliphatic rings. The van der Waals surface area contributed by atoms with Gasteiger partial charge in [0, 0.05) is 65.1 Å². The topological polar surface area (TPSA) is 123 Å². The van der Waals surface area contributed by atoms with Gasteiger partial charge in [0.1, 0.15) is 0 Å². The lowest BCUT2D eigenvalue weighted by molar-refractivity contribution is -0.122. The van der Waals surface area contributed by atoms with Crippen molar-refractivity contribution in [1.29, 1.82) is 0 Å². The van der Waals surface area contributed by atoms with Crippen molar-refractivity contribution >= 4 is 17.7 Å². The molecule has 0 spiro atoms. The van der Waals surface area contributed by atoms with Crippen molar-refractivity contribution in [3.05, 3.63) is 0 Å². The van der Waals surface area contributed by atoms with E-state index in [0.717, 1.165) is 77.8 Å². The van der Waals surface area contributed by atoms with Gasteiger partial charge in [-0.25, -0.2) is 0 Å². The molecular formula is C57H119N5O4. The molecule has 0 atom stereocenters. The molecule has 0 heterocycles. The zero-order chi connectivity index (χ0) is 47.8. The molecule has 0 unspecified atom stereocenters. The van der Waals surface area contributed by atoms with Gasteiger partial charge in [0.2, 0.25) is 17.7 Å². The third kappa shape index (κ3) is 60.3. The summed E-state index contributed by atoms with van der Waals surface area (Å²) in [6.07, 6.45) is 48.9. The summed E-state index contributed by atoms with van der Waals surface area (Å²) < 4.78 is 0. The fourth-order valence-electron chi connectivity index (χ4n) is 8.27. The standard InChI is InChI=1S/C35H71N3O3.C21H44N2O.CH4/c1-3-5-7-9-11-13-15-17-19-22-28-36-34(40)26-31-38(30-24-21-25-33-39)32-27-35(41)37-29-23-20-18-16-14-12-10-8-6-4-2;1-3-5-7-9-10-11-12-13-14-16-19-23-21(24)17-20-22-18-15-8-6-4-2;/h39H,3-33H2,1-2H3,(H,36,40)(H,37,41);22H,3-20H2,1-2H3,(H,23,24);1H4. The molecule has 9 nitrogen and oxygen atoms in total. The number of nitrogens with zero attached hydrogens (tertiary/aromatic N) is 1. The van der Waals surface area contributed by atoms with Crippen LogP contribution in [0, 0.1) is 0 Å². The molecule has 5 N–H and O–H groups in total. The minimum absolute atomic E-state index is 0. The second kappa shape index (κ2) is 61.3. The number of aliphatic hydroxyl groups is 1. The van der Waals surface area contributed by atoms with Gasteiger partial charge in [-0.15, -0.1) is 0 Å². The maximum Gasteiger partial charge on any atom is 0.221 e. The molecular weight excluding hydrogens is 819 g/mol. The van der Waals surface area contributed by atoms with Gasteiger partial charge in [-0.1, -0.05) is 228 Å². The van der Waals surface area contributed by atoms with Gasteiger partial charge in [-0.2, -0.15) is 0 Å². The minimum Gasteiger partial charge on any atom is -0.396 e. The molecule has 0 aromatic carbocycles. The highest BCUT2D eigenvalue weighted by Crippen LogP contribution is 2.13. The average Bonchev–Trinajstić information content (AvgIpc) is 3.31. The molecule has 3 amide bonds. The largest absolute Gasteiger partial charge is 0.396 e. The van der Waals surface area contributed by atoms with Gasteiger partial charge >= 0.3 is 0 Å². The molecule has 66 heavy (non-hydrogen) atoms. The second-order valence-electron chi connectivity index (χ2n) is 19.3. The Balaban J connectivity index is -0.00000135. The third-order valence-electron chi connectivity index (χ3n) is 12.7. The lowest BCUT2D eigenvalue weighted by Crippen LogP contribution is -2.35. The first-order valence-corrected chi connectivity index (χ1v) is 28.8. The van der Waals surface area contributed by atoms with Gasteiger partial charge in [0.05, 0.1) is 0 Å². The van der Waals surface area contributed by atoms with E-state index in [1.165, 1.54) is 199 Å². The van der Waals surface area contributed by atoms with E-state index in [1.807, 2.05) is 0 Å². The lowest BCUT2D eigenvalue weighted by Gasteiger charge is -2.22. The summed E-state index contributed by atoms with van der Waals surface area (Å²) in [5.74, 6) is 0.436. The van der Waals surface area contributed by atoms with Gasteiger partial charge in [0.25, 0.3) is 0 Å². The van der Waals surface area contributed by atoms with E-state index < -0.39 is 0 Å². The molecule has 0 bridgehead atoms. The SMILES string of the molecule is C.CCCCCCCCCCCCNC(=O)CCN(CCCCCO)CCC(=O)NCCCCCCCCCCCC.CCCCCCCCCCCCNC(=O)CCNCCCCCC. The van der Waals surface area contributed by atoms with E-state index in [4.69, 9.17) is 5.11 Å². The number of amides is 3. The Labute approximate surface area is 412 Å². The van der Waals surface area contributed by atoms with Gasteiger partial charge in [-0.05, 0) is 58.0 Å². The van der Waals surface area contributed by atoms with E-state index in [9.17, 15) is 14.4 Å². The van der Waals surface area contributed by atoms with E-state index >= 15 is 0 Å². The predicted molar refractivity (Wildman–Crippen MR) is 290 cm³/mol. The van der Waals surface area contributed by atoms with Gasteiger partial charge in [-0.3, -0.25) is 14.4 Å². The van der Waals surface area contributed by atoms with E-state index in [1.54, 1.807) is 0 Å². The van der Waals surface area contributed by atoms with E-state index in [2.05, 4.69) is 53.9 Å². The highest BCUT2D eigenvalue weighted by atomic mass is 16.3. The van der Waals surface area contributed by atoms with Crippen LogP contribution in [0.1, 0.15) is 292 Å². The number of carbonyl (C=O) groups is 3. The number of unbranched alkanes of at least 4 members (excludes halogenated alkanes) is 32. The zero-order valence-electron chi connectivity index (χ0n) is 44.3. The van der Waals surface area contributed by atoms with Crippen molar-refractivity contribution in [2.75, 3.05) is 59.0 Å². The summed E-state index contributed by atoms with van der Waals surface area (Å²) in [4.78, 5) is 38.7. The minimum atomic E-state index is 0. The van der Waals surface area contributed by atoms with Crippen molar-refractivity contribution in [3.8, 4) is 0 Å². The van der Waals surface area contributed by atoms with Crippen molar-refractivity contribution in [2.45, 2.75) is 292 Å². The number of carbonyl (C=O) groups excluding carboxylic acids is 3. The first kappa shape index (κ1) is 68.6.